The van der Waals surface area contributed by atoms with Crippen molar-refractivity contribution in [3.63, 3.8) is 0 Å². The first-order valence-corrected chi connectivity index (χ1v) is 7.51. The molecule has 0 radical (unpaired) electrons. The molecule has 0 saturated carbocycles. The molecule has 1 fully saturated rings. The molecular formula is C14H15N7O3. The normalized spacial score (nSPS) is 19.0. The highest BCUT2D eigenvalue weighted by Gasteiger charge is 2.26. The molecule has 0 aliphatic carbocycles. The quantitative estimate of drug-likeness (QED) is 0.540. The Kier molecular flexibility index (Phi) is 3.47. The number of nitro benzene ring substituents is 1. The van der Waals surface area contributed by atoms with Crippen LogP contribution in [0.5, 0.6) is 0 Å². The van der Waals surface area contributed by atoms with Gasteiger partial charge in [-0.25, -0.2) is 0 Å². The molecular weight excluding hydrogens is 314 g/mol. The highest BCUT2D eigenvalue weighted by molar-refractivity contribution is 5.92. The van der Waals surface area contributed by atoms with Gasteiger partial charge in [0.1, 0.15) is 0 Å². The molecule has 2 aromatic heterocycles. The zero-order valence-electron chi connectivity index (χ0n) is 12.9. The maximum absolute atomic E-state index is 11.0. The lowest BCUT2D eigenvalue weighted by atomic mass is 10.2. The summed E-state index contributed by atoms with van der Waals surface area (Å²) >= 11 is 0. The first-order valence-electron chi connectivity index (χ1n) is 7.51. The van der Waals surface area contributed by atoms with Crippen LogP contribution in [0, 0.1) is 10.1 Å². The van der Waals surface area contributed by atoms with Gasteiger partial charge in [0, 0.05) is 37.2 Å². The molecule has 0 bridgehead atoms. The van der Waals surface area contributed by atoms with Gasteiger partial charge in [-0.05, 0) is 13.1 Å². The van der Waals surface area contributed by atoms with Crippen molar-refractivity contribution in [3.8, 4) is 11.6 Å². The number of aromatic amines is 1. The van der Waals surface area contributed by atoms with E-state index in [-0.39, 0.29) is 17.6 Å². The van der Waals surface area contributed by atoms with Crippen molar-refractivity contribution in [2.45, 2.75) is 6.04 Å². The monoisotopic (exact) mass is 329 g/mol. The molecule has 1 unspecified atom stereocenters. The van der Waals surface area contributed by atoms with Crippen molar-refractivity contribution in [3.05, 3.63) is 34.1 Å². The van der Waals surface area contributed by atoms with Crippen LogP contribution >= 0.6 is 0 Å². The number of nitrogens with zero attached hydrogens (tertiary/aromatic N) is 5. The van der Waals surface area contributed by atoms with Crippen LogP contribution < -0.4 is 5.32 Å². The molecule has 1 aromatic carbocycles. The van der Waals surface area contributed by atoms with Crippen molar-refractivity contribution in [1.29, 1.82) is 0 Å². The number of non-ortho nitro benzene ring substituents is 1. The van der Waals surface area contributed by atoms with Gasteiger partial charge in [0.05, 0.1) is 16.5 Å². The Morgan fingerprint density at radius 1 is 1.46 bits per heavy atom. The van der Waals surface area contributed by atoms with E-state index in [1.165, 1.54) is 12.1 Å². The molecule has 2 N–H and O–H groups in total. The number of fused-ring (bicyclic) bond motifs is 1. The summed E-state index contributed by atoms with van der Waals surface area (Å²) in [5, 5.41) is 25.9. The molecule has 24 heavy (non-hydrogen) atoms. The number of piperazine rings is 1. The van der Waals surface area contributed by atoms with Crippen LogP contribution in [-0.2, 0) is 0 Å². The number of nitrogens with one attached hydrogen (secondary N) is 2. The number of hydrogen-bond acceptors (Lipinski definition) is 8. The average molecular weight is 329 g/mol. The second-order valence-electron chi connectivity index (χ2n) is 5.72. The number of benzene rings is 1. The molecule has 10 heteroatoms. The van der Waals surface area contributed by atoms with E-state index in [1.807, 2.05) is 7.05 Å². The lowest BCUT2D eigenvalue weighted by Crippen LogP contribution is -2.44. The van der Waals surface area contributed by atoms with Gasteiger partial charge in [-0.15, -0.1) is 0 Å². The Labute approximate surface area is 136 Å². The number of hydrogen-bond donors (Lipinski definition) is 2. The molecule has 1 atom stereocenters. The summed E-state index contributed by atoms with van der Waals surface area (Å²) in [6.45, 7) is 2.56. The summed E-state index contributed by atoms with van der Waals surface area (Å²) < 4.78 is 5.35. The maximum atomic E-state index is 11.0. The van der Waals surface area contributed by atoms with Gasteiger partial charge in [-0.1, -0.05) is 5.16 Å². The van der Waals surface area contributed by atoms with E-state index >= 15 is 0 Å². The van der Waals surface area contributed by atoms with Crippen molar-refractivity contribution in [2.24, 2.45) is 0 Å². The smallest absolute Gasteiger partial charge is 0.279 e. The van der Waals surface area contributed by atoms with E-state index < -0.39 is 4.92 Å². The molecule has 3 heterocycles. The fraction of sp³-hybridized carbons (Fsp3) is 0.357. The van der Waals surface area contributed by atoms with Gasteiger partial charge < -0.3 is 9.84 Å². The van der Waals surface area contributed by atoms with Crippen LogP contribution in [0.15, 0.2) is 22.7 Å². The van der Waals surface area contributed by atoms with Crippen LogP contribution in [0.4, 0.5) is 5.69 Å². The Balaban J connectivity index is 1.73. The summed E-state index contributed by atoms with van der Waals surface area (Å²) in [6, 6.07) is 4.51. The minimum Gasteiger partial charge on any atom is -0.332 e. The van der Waals surface area contributed by atoms with Crippen LogP contribution in [0.1, 0.15) is 11.9 Å². The second kappa shape index (κ2) is 5.65. The third kappa shape index (κ3) is 2.41. The van der Waals surface area contributed by atoms with Gasteiger partial charge in [0.2, 0.25) is 0 Å². The fourth-order valence-electron chi connectivity index (χ4n) is 2.84. The van der Waals surface area contributed by atoms with Crippen molar-refractivity contribution < 1.29 is 9.45 Å². The van der Waals surface area contributed by atoms with E-state index in [0.29, 0.717) is 22.4 Å². The summed E-state index contributed by atoms with van der Waals surface area (Å²) in [5.41, 5.74) is 1.08. The number of rotatable bonds is 3. The van der Waals surface area contributed by atoms with Crippen LogP contribution in [-0.4, -0.2) is 56.8 Å². The Hall–Kier alpha value is -2.85. The van der Waals surface area contributed by atoms with Crippen LogP contribution in [0.3, 0.4) is 0 Å². The minimum atomic E-state index is -0.446. The Bertz CT molecular complexity index is 903. The summed E-state index contributed by atoms with van der Waals surface area (Å²) in [7, 11) is 2.01. The Morgan fingerprint density at radius 3 is 3.12 bits per heavy atom. The minimum absolute atomic E-state index is 0.0129. The second-order valence-corrected chi connectivity index (χ2v) is 5.72. The SMILES string of the molecule is CN1CCNCC1c1noc(-c2n[nH]c3ccc([N+](=O)[O-])cc23)n1. The third-order valence-electron chi connectivity index (χ3n) is 4.21. The molecule has 3 aromatic rings. The van der Waals surface area contributed by atoms with E-state index in [2.05, 4.69) is 30.6 Å². The van der Waals surface area contributed by atoms with E-state index in [4.69, 9.17) is 4.52 Å². The molecule has 0 amide bonds. The summed E-state index contributed by atoms with van der Waals surface area (Å²) in [6.07, 6.45) is 0. The topological polar surface area (TPSA) is 126 Å². The molecule has 124 valence electrons. The molecule has 10 nitrogen and oxygen atoms in total. The first-order chi connectivity index (χ1) is 11.6. The molecule has 1 aliphatic rings. The van der Waals surface area contributed by atoms with Crippen LogP contribution in [0.2, 0.25) is 0 Å². The summed E-state index contributed by atoms with van der Waals surface area (Å²) in [4.78, 5) is 17.1. The highest BCUT2D eigenvalue weighted by Crippen LogP contribution is 2.29. The molecule has 0 spiro atoms. The zero-order valence-corrected chi connectivity index (χ0v) is 12.9. The van der Waals surface area contributed by atoms with Crippen molar-refractivity contribution >= 4 is 16.6 Å². The van der Waals surface area contributed by atoms with E-state index in [0.717, 1.165) is 19.6 Å². The van der Waals surface area contributed by atoms with Crippen LogP contribution in [0.25, 0.3) is 22.5 Å². The van der Waals surface area contributed by atoms with Gasteiger partial charge in [0.15, 0.2) is 11.5 Å². The van der Waals surface area contributed by atoms with E-state index in [9.17, 15) is 10.1 Å². The standard InChI is InChI=1S/C14H15N7O3/c1-20-5-4-15-7-11(20)13-16-14(24-19-13)12-9-6-8(21(22)23)2-3-10(9)17-18-12/h2-3,6,11,15H,4-5,7H2,1H3,(H,17,18). The van der Waals surface area contributed by atoms with Crippen molar-refractivity contribution in [1.82, 2.24) is 30.6 Å². The molecule has 4 rings (SSSR count). The maximum Gasteiger partial charge on any atom is 0.279 e. The number of aromatic nitrogens is 4. The number of nitro groups is 1. The van der Waals surface area contributed by atoms with Crippen molar-refractivity contribution in [2.75, 3.05) is 26.7 Å². The highest BCUT2D eigenvalue weighted by atomic mass is 16.6. The van der Waals surface area contributed by atoms with Gasteiger partial charge in [-0.3, -0.25) is 20.1 Å². The average Bonchev–Trinajstić information content (AvgIpc) is 3.21. The predicted octanol–water partition coefficient (Wildman–Crippen LogP) is 1.10. The zero-order chi connectivity index (χ0) is 16.7. The third-order valence-corrected chi connectivity index (χ3v) is 4.21. The Morgan fingerprint density at radius 2 is 2.33 bits per heavy atom. The van der Waals surface area contributed by atoms with Gasteiger partial charge >= 0.3 is 0 Å². The molecule has 1 saturated heterocycles. The predicted molar refractivity (Wildman–Crippen MR) is 84.3 cm³/mol. The van der Waals surface area contributed by atoms with Gasteiger partial charge in [0.25, 0.3) is 11.6 Å². The largest absolute Gasteiger partial charge is 0.332 e. The van der Waals surface area contributed by atoms with E-state index in [1.54, 1.807) is 6.07 Å². The van der Waals surface area contributed by atoms with Gasteiger partial charge in [-0.2, -0.15) is 10.1 Å². The lowest BCUT2D eigenvalue weighted by molar-refractivity contribution is -0.384. The fourth-order valence-corrected chi connectivity index (χ4v) is 2.84. The molecule has 1 aliphatic heterocycles. The lowest BCUT2D eigenvalue weighted by Gasteiger charge is -2.30. The number of likely N-dealkylation sites (N-methyl/N-ethyl adjacent to an activating group) is 1. The summed E-state index contributed by atoms with van der Waals surface area (Å²) in [5.74, 6) is 0.817. The first kappa shape index (κ1) is 14.7. The number of H-pyrrole nitrogens is 1.